The van der Waals surface area contributed by atoms with E-state index < -0.39 is 0 Å². The van der Waals surface area contributed by atoms with E-state index >= 15 is 0 Å². The number of rotatable bonds is 3. The van der Waals surface area contributed by atoms with Crippen molar-refractivity contribution in [1.82, 2.24) is 24.9 Å². The Kier molecular flexibility index (Phi) is 4.40. The first-order valence-corrected chi connectivity index (χ1v) is 11.1. The third-order valence-electron chi connectivity index (χ3n) is 6.83. The van der Waals surface area contributed by atoms with E-state index in [0.29, 0.717) is 29.1 Å². The molecule has 0 saturated carbocycles. The Morgan fingerprint density at radius 2 is 1.78 bits per heavy atom. The zero-order valence-electron chi connectivity index (χ0n) is 17.6. The van der Waals surface area contributed by atoms with Gasteiger partial charge >= 0.3 is 0 Å². The van der Waals surface area contributed by atoms with Crippen molar-refractivity contribution in [3.63, 3.8) is 0 Å². The molecule has 7 heteroatoms. The molecule has 2 atom stereocenters. The first-order chi connectivity index (χ1) is 15.7. The lowest BCUT2D eigenvalue weighted by atomic mass is 9.87. The molecule has 2 fully saturated rings. The topological polar surface area (TPSA) is 105 Å². The average molecular weight is 422 g/mol. The van der Waals surface area contributed by atoms with Gasteiger partial charge in [-0.1, -0.05) is 36.4 Å². The lowest BCUT2D eigenvalue weighted by Crippen LogP contribution is -2.37. The van der Waals surface area contributed by atoms with Crippen LogP contribution < -0.4 is 11.1 Å². The average Bonchev–Trinajstić information content (AvgIpc) is 3.42. The summed E-state index contributed by atoms with van der Waals surface area (Å²) in [4.78, 5) is 9.64. The van der Waals surface area contributed by atoms with Gasteiger partial charge in [-0.15, -0.1) is 0 Å². The second-order valence-corrected chi connectivity index (χ2v) is 8.77. The number of fused-ring (bicyclic) bond motifs is 3. The fraction of sp³-hybridized carbons (Fsp3) is 0.280. The van der Waals surface area contributed by atoms with Crippen molar-refractivity contribution < 1.29 is 0 Å². The maximum absolute atomic E-state index is 9.86. The molecule has 3 aromatic heterocycles. The predicted octanol–water partition coefficient (Wildman–Crippen LogP) is 3.91. The maximum atomic E-state index is 9.86. The van der Waals surface area contributed by atoms with E-state index in [9.17, 15) is 5.26 Å². The summed E-state index contributed by atoms with van der Waals surface area (Å²) in [5, 5.41) is 18.0. The molecule has 2 aliphatic rings. The number of aromatic nitrogens is 4. The van der Waals surface area contributed by atoms with Crippen LogP contribution >= 0.6 is 0 Å². The number of nitriles is 1. The quantitative estimate of drug-likeness (QED) is 0.520. The molecule has 7 nitrogen and oxygen atoms in total. The lowest BCUT2D eigenvalue weighted by Gasteiger charge is -2.29. The summed E-state index contributed by atoms with van der Waals surface area (Å²) in [5.74, 6) is 0.593. The summed E-state index contributed by atoms with van der Waals surface area (Å²) >= 11 is 0. The number of nitrogens with zero attached hydrogens (tertiary/aromatic N) is 5. The van der Waals surface area contributed by atoms with E-state index in [1.807, 2.05) is 48.7 Å². The number of hydrogen-bond acceptors (Lipinski definition) is 6. The number of nitrogens with one attached hydrogen (secondary N) is 1. The minimum Gasteiger partial charge on any atom is -0.382 e. The number of hydrogen-bond donors (Lipinski definition) is 2. The number of nitrogen functional groups attached to an aromatic ring is 1. The van der Waals surface area contributed by atoms with Gasteiger partial charge in [-0.25, -0.2) is 4.98 Å². The number of nitrogens with two attached hydrogens (primary N) is 1. The van der Waals surface area contributed by atoms with Crippen molar-refractivity contribution in [3.8, 4) is 28.5 Å². The van der Waals surface area contributed by atoms with Gasteiger partial charge in [0.2, 0.25) is 0 Å². The van der Waals surface area contributed by atoms with E-state index in [-0.39, 0.29) is 5.92 Å². The van der Waals surface area contributed by atoms with Crippen molar-refractivity contribution in [2.75, 3.05) is 5.73 Å². The molecule has 158 valence electrons. The van der Waals surface area contributed by atoms with Gasteiger partial charge in [0.15, 0.2) is 5.65 Å². The Balaban J connectivity index is 1.43. The Labute approximate surface area is 185 Å². The largest absolute Gasteiger partial charge is 0.382 e. The molecule has 0 spiro atoms. The SMILES string of the molecule is N#Cc1c(C2CC3CCC(C2)N3)nc2c(-c3ccc(-c4ccccc4)nc3)cnn2c1N. The monoisotopic (exact) mass is 421 g/mol. The summed E-state index contributed by atoms with van der Waals surface area (Å²) in [6, 6.07) is 17.4. The standard InChI is InChI=1S/C25H23N7/c26-12-20-23(17-10-18-7-8-19(11-17)30-18)31-25-21(14-29-32(25)24(20)27)16-6-9-22(28-13-16)15-4-2-1-3-5-15/h1-6,9,13-14,17-19,30H,7-8,10-11,27H2. The van der Waals surface area contributed by atoms with Crippen LogP contribution in [-0.2, 0) is 0 Å². The first kappa shape index (κ1) is 19.0. The van der Waals surface area contributed by atoms with Crippen LogP contribution in [0, 0.1) is 11.3 Å². The molecule has 3 N–H and O–H groups in total. The van der Waals surface area contributed by atoms with E-state index in [1.165, 1.54) is 12.8 Å². The molecule has 6 rings (SSSR count). The maximum Gasteiger partial charge on any atom is 0.165 e. The first-order valence-electron chi connectivity index (χ1n) is 11.1. The molecule has 0 aliphatic carbocycles. The Morgan fingerprint density at radius 3 is 2.47 bits per heavy atom. The van der Waals surface area contributed by atoms with Crippen LogP contribution in [0.5, 0.6) is 0 Å². The van der Waals surface area contributed by atoms with Crippen LogP contribution in [0.3, 0.4) is 0 Å². The van der Waals surface area contributed by atoms with E-state index in [4.69, 9.17) is 10.7 Å². The number of piperidine rings is 1. The highest BCUT2D eigenvalue weighted by atomic mass is 15.3. The Morgan fingerprint density at radius 1 is 1.00 bits per heavy atom. The van der Waals surface area contributed by atoms with Gasteiger partial charge in [0.1, 0.15) is 17.5 Å². The van der Waals surface area contributed by atoms with E-state index in [2.05, 4.69) is 21.5 Å². The zero-order chi connectivity index (χ0) is 21.7. The van der Waals surface area contributed by atoms with Crippen molar-refractivity contribution in [2.45, 2.75) is 43.7 Å². The minimum absolute atomic E-state index is 0.233. The van der Waals surface area contributed by atoms with Crippen LogP contribution in [0.1, 0.15) is 42.9 Å². The summed E-state index contributed by atoms with van der Waals surface area (Å²) in [7, 11) is 0. The molecule has 2 bridgehead atoms. The Bertz CT molecular complexity index is 1320. The van der Waals surface area contributed by atoms with Crippen LogP contribution in [0.25, 0.3) is 28.0 Å². The van der Waals surface area contributed by atoms with Gasteiger partial charge in [-0.05, 0) is 31.7 Å². The zero-order valence-corrected chi connectivity index (χ0v) is 17.6. The van der Waals surface area contributed by atoms with Crippen molar-refractivity contribution in [1.29, 1.82) is 5.26 Å². The van der Waals surface area contributed by atoms with Gasteiger partial charge in [0.05, 0.1) is 17.6 Å². The minimum atomic E-state index is 0.233. The molecule has 5 heterocycles. The molecule has 2 aliphatic heterocycles. The molecule has 0 amide bonds. The highest BCUT2D eigenvalue weighted by Crippen LogP contribution is 2.39. The second-order valence-electron chi connectivity index (χ2n) is 8.77. The van der Waals surface area contributed by atoms with E-state index in [0.717, 1.165) is 40.9 Å². The second kappa shape index (κ2) is 7.43. The molecule has 1 aromatic carbocycles. The molecule has 32 heavy (non-hydrogen) atoms. The lowest BCUT2D eigenvalue weighted by molar-refractivity contribution is 0.359. The molecule has 4 aromatic rings. The normalized spacial score (nSPS) is 22.2. The van der Waals surface area contributed by atoms with Gasteiger partial charge < -0.3 is 11.1 Å². The van der Waals surface area contributed by atoms with Crippen LogP contribution in [0.15, 0.2) is 54.9 Å². The van der Waals surface area contributed by atoms with Crippen molar-refractivity contribution >= 4 is 11.5 Å². The highest BCUT2D eigenvalue weighted by molar-refractivity contribution is 5.79. The van der Waals surface area contributed by atoms with Gasteiger partial charge in [0, 0.05) is 40.9 Å². The molecule has 0 radical (unpaired) electrons. The fourth-order valence-corrected chi connectivity index (χ4v) is 5.26. The number of benzene rings is 1. The summed E-state index contributed by atoms with van der Waals surface area (Å²) in [6.45, 7) is 0. The van der Waals surface area contributed by atoms with Crippen molar-refractivity contribution in [3.05, 3.63) is 66.1 Å². The highest BCUT2D eigenvalue weighted by Gasteiger charge is 2.36. The van der Waals surface area contributed by atoms with Crippen LogP contribution in [-0.4, -0.2) is 31.7 Å². The summed E-state index contributed by atoms with van der Waals surface area (Å²) in [5.41, 5.74) is 12.1. The molecule has 2 saturated heterocycles. The molecular weight excluding hydrogens is 398 g/mol. The summed E-state index contributed by atoms with van der Waals surface area (Å²) < 4.78 is 1.58. The van der Waals surface area contributed by atoms with Gasteiger partial charge in [0.25, 0.3) is 0 Å². The predicted molar refractivity (Wildman–Crippen MR) is 123 cm³/mol. The Hall–Kier alpha value is -3.76. The fourth-order valence-electron chi connectivity index (χ4n) is 5.26. The molecular formula is C25H23N7. The van der Waals surface area contributed by atoms with E-state index in [1.54, 1.807) is 10.7 Å². The smallest absolute Gasteiger partial charge is 0.165 e. The third-order valence-corrected chi connectivity index (χ3v) is 6.83. The van der Waals surface area contributed by atoms with Gasteiger partial charge in [-0.3, -0.25) is 4.98 Å². The number of pyridine rings is 1. The molecule has 2 unspecified atom stereocenters. The number of anilines is 1. The van der Waals surface area contributed by atoms with Crippen molar-refractivity contribution in [2.24, 2.45) is 0 Å². The van der Waals surface area contributed by atoms with Crippen LogP contribution in [0.2, 0.25) is 0 Å². The van der Waals surface area contributed by atoms with Gasteiger partial charge in [-0.2, -0.15) is 14.9 Å². The third kappa shape index (κ3) is 3.03. The summed E-state index contributed by atoms with van der Waals surface area (Å²) in [6.07, 6.45) is 7.97. The van der Waals surface area contributed by atoms with Crippen LogP contribution in [0.4, 0.5) is 5.82 Å².